The molecule has 0 aromatic heterocycles. The maximum Gasteiger partial charge on any atom is 0.311 e. The van der Waals surface area contributed by atoms with E-state index in [2.05, 4.69) is 0 Å². The van der Waals surface area contributed by atoms with Crippen LogP contribution in [0.25, 0.3) is 0 Å². The van der Waals surface area contributed by atoms with Crippen molar-refractivity contribution in [1.82, 2.24) is 4.90 Å². The van der Waals surface area contributed by atoms with E-state index in [0.29, 0.717) is 13.0 Å². The zero-order valence-electron chi connectivity index (χ0n) is 19.7. The number of thioether (sulfide) groups is 1. The Morgan fingerprint density at radius 3 is 2.53 bits per heavy atom. The maximum absolute atomic E-state index is 14.3. The van der Waals surface area contributed by atoms with Crippen molar-refractivity contribution >= 4 is 35.2 Å². The highest BCUT2D eigenvalue weighted by Crippen LogP contribution is 2.65. The summed E-state index contributed by atoms with van der Waals surface area (Å²) in [6, 6.07) is 5.16. The first-order valence-corrected chi connectivity index (χ1v) is 12.6. The largest absolute Gasteiger partial charge is 0.461 e. The Morgan fingerprint density at radius 1 is 1.09 bits per heavy atom. The molecule has 34 heavy (non-hydrogen) atoms. The molecule has 2 amide bonds. The van der Waals surface area contributed by atoms with Gasteiger partial charge in [0.1, 0.15) is 12.6 Å². The number of anilines is 1. The fourth-order valence-electron chi connectivity index (χ4n) is 6.27. The van der Waals surface area contributed by atoms with Gasteiger partial charge in [0.2, 0.25) is 5.91 Å². The summed E-state index contributed by atoms with van der Waals surface area (Å²) in [5, 5.41) is 9.51. The number of amides is 2. The van der Waals surface area contributed by atoms with Gasteiger partial charge in [-0.2, -0.15) is 0 Å². The van der Waals surface area contributed by atoms with Gasteiger partial charge in [-0.1, -0.05) is 36.4 Å². The van der Waals surface area contributed by atoms with E-state index in [1.165, 1.54) is 11.8 Å². The quantitative estimate of drug-likeness (QED) is 0.524. The highest BCUT2D eigenvalue weighted by Gasteiger charge is 2.74. The van der Waals surface area contributed by atoms with Crippen LogP contribution in [0.4, 0.5) is 5.69 Å². The summed E-state index contributed by atoms with van der Waals surface area (Å²) in [5.41, 5.74) is 2.83. The highest BCUT2D eigenvalue weighted by atomic mass is 32.2. The molecular formula is C26H30N2O5S. The Bertz CT molecular complexity index is 1100. The number of ether oxygens (including phenoxy) is 1. The second kappa shape index (κ2) is 8.27. The third kappa shape index (κ3) is 3.18. The van der Waals surface area contributed by atoms with Crippen LogP contribution in [0.15, 0.2) is 42.5 Å². The Hall–Kier alpha value is -2.58. The Labute approximate surface area is 203 Å². The van der Waals surface area contributed by atoms with E-state index >= 15 is 0 Å². The monoisotopic (exact) mass is 482 g/mol. The number of cyclic esters (lactones) is 1. The minimum Gasteiger partial charge on any atom is -0.461 e. The summed E-state index contributed by atoms with van der Waals surface area (Å²) in [7, 11) is 0. The summed E-state index contributed by atoms with van der Waals surface area (Å²) in [6.07, 6.45) is 8.13. The average Bonchev–Trinajstić information content (AvgIpc) is 3.04. The number of fused-ring (bicyclic) bond motifs is 2. The molecule has 5 rings (SSSR count). The number of nitrogens with zero attached hydrogens (tertiary/aromatic N) is 2. The molecule has 5 atom stereocenters. The molecule has 0 bridgehead atoms. The molecule has 4 aliphatic heterocycles. The predicted molar refractivity (Wildman–Crippen MR) is 130 cm³/mol. The summed E-state index contributed by atoms with van der Waals surface area (Å²) < 4.78 is 3.89. The SMILES string of the molecule is Cc1cccc(C)c1N1CC=C[C@]23S[C@@]4(C)C=CCOC(=O)[C@H]4[C@H]2C(=O)N(CCCO)C3C1=O. The van der Waals surface area contributed by atoms with Gasteiger partial charge in [0.05, 0.1) is 16.6 Å². The van der Waals surface area contributed by atoms with Crippen molar-refractivity contribution in [3.63, 3.8) is 0 Å². The van der Waals surface area contributed by atoms with Gasteiger partial charge in [0.15, 0.2) is 0 Å². The van der Waals surface area contributed by atoms with Crippen molar-refractivity contribution in [1.29, 1.82) is 0 Å². The van der Waals surface area contributed by atoms with Gasteiger partial charge in [-0.25, -0.2) is 0 Å². The number of esters is 1. The van der Waals surface area contributed by atoms with Crippen molar-refractivity contribution in [2.45, 2.75) is 42.7 Å². The third-order valence-electron chi connectivity index (χ3n) is 7.58. The van der Waals surface area contributed by atoms with Gasteiger partial charge in [-0.05, 0) is 44.4 Å². The fourth-order valence-corrected chi connectivity index (χ4v) is 8.42. The van der Waals surface area contributed by atoms with E-state index < -0.39 is 33.3 Å². The molecule has 2 saturated heterocycles. The normalized spacial score (nSPS) is 34.5. The Morgan fingerprint density at radius 2 is 1.82 bits per heavy atom. The van der Waals surface area contributed by atoms with E-state index in [9.17, 15) is 19.5 Å². The Kier molecular flexibility index (Phi) is 5.64. The zero-order chi connectivity index (χ0) is 24.3. The predicted octanol–water partition coefficient (Wildman–Crippen LogP) is 2.39. The number of rotatable bonds is 4. The van der Waals surface area contributed by atoms with Crippen LogP contribution >= 0.6 is 11.8 Å². The average molecular weight is 483 g/mol. The van der Waals surface area contributed by atoms with Crippen molar-refractivity contribution in [3.8, 4) is 0 Å². The van der Waals surface area contributed by atoms with E-state index in [4.69, 9.17) is 4.74 Å². The zero-order valence-corrected chi connectivity index (χ0v) is 20.5. The van der Waals surface area contributed by atoms with E-state index in [-0.39, 0.29) is 31.6 Å². The first kappa shape index (κ1) is 23.2. The summed E-state index contributed by atoms with van der Waals surface area (Å²) in [4.78, 5) is 44.8. The molecule has 7 nitrogen and oxygen atoms in total. The van der Waals surface area contributed by atoms with Crippen LogP contribution in [0.2, 0.25) is 0 Å². The van der Waals surface area contributed by atoms with Crippen LogP contribution in [0.3, 0.4) is 0 Å². The first-order valence-electron chi connectivity index (χ1n) is 11.8. The number of hydrogen-bond acceptors (Lipinski definition) is 6. The summed E-state index contributed by atoms with van der Waals surface area (Å²) in [6.45, 7) is 6.68. The minimum absolute atomic E-state index is 0.0854. The standard InChI is InChI=1S/C26H30N2O5S/c1-16-8-4-9-17(2)20(16)27-12-5-11-26-18(19-24(32)33-15-6-10-25(19,3)34-26)22(30)28(13-7-14-29)21(26)23(27)31/h4-6,8-11,18-19,21,29H,7,12-15H2,1-3H3/t18-,19+,21?,25-,26-/m0/s1. The van der Waals surface area contributed by atoms with E-state index in [1.54, 1.807) is 9.80 Å². The molecule has 0 saturated carbocycles. The van der Waals surface area contributed by atoms with Gasteiger partial charge in [0, 0.05) is 30.1 Å². The second-order valence-electron chi connectivity index (χ2n) is 9.73. The van der Waals surface area contributed by atoms with Crippen LogP contribution in [0.1, 0.15) is 24.5 Å². The van der Waals surface area contributed by atoms with E-state index in [1.807, 2.05) is 63.3 Å². The number of benzene rings is 1. The lowest BCUT2D eigenvalue weighted by atomic mass is 9.75. The van der Waals surface area contributed by atoms with Crippen LogP contribution in [-0.4, -0.2) is 69.6 Å². The van der Waals surface area contributed by atoms with Crippen molar-refractivity contribution < 1.29 is 24.2 Å². The molecule has 4 heterocycles. The van der Waals surface area contributed by atoms with Gasteiger partial charge in [0.25, 0.3) is 5.91 Å². The fraction of sp³-hybridized carbons (Fsp3) is 0.500. The smallest absolute Gasteiger partial charge is 0.311 e. The van der Waals surface area contributed by atoms with Crippen LogP contribution in [0.5, 0.6) is 0 Å². The third-order valence-corrected chi connectivity index (χ3v) is 9.38. The lowest BCUT2D eigenvalue weighted by molar-refractivity contribution is -0.152. The van der Waals surface area contributed by atoms with E-state index in [0.717, 1.165) is 16.8 Å². The molecule has 8 heteroatoms. The van der Waals surface area contributed by atoms with Crippen molar-refractivity contribution in [3.05, 3.63) is 53.6 Å². The molecule has 2 fully saturated rings. The minimum atomic E-state index is -0.894. The molecule has 0 radical (unpaired) electrons. The molecule has 1 unspecified atom stereocenters. The molecule has 1 spiro atoms. The first-order chi connectivity index (χ1) is 16.2. The van der Waals surface area contributed by atoms with Crippen LogP contribution in [-0.2, 0) is 19.1 Å². The van der Waals surface area contributed by atoms with Gasteiger partial charge in [-0.3, -0.25) is 14.4 Å². The van der Waals surface area contributed by atoms with Gasteiger partial charge < -0.3 is 19.6 Å². The highest BCUT2D eigenvalue weighted by molar-refractivity contribution is 8.02. The second-order valence-corrected chi connectivity index (χ2v) is 11.5. The number of carbonyl (C=O) groups excluding carboxylic acids is 3. The van der Waals surface area contributed by atoms with Crippen LogP contribution in [0, 0.1) is 25.7 Å². The maximum atomic E-state index is 14.3. The van der Waals surface area contributed by atoms with Crippen molar-refractivity contribution in [2.75, 3.05) is 31.2 Å². The number of aryl methyl sites for hydroxylation is 2. The molecular weight excluding hydrogens is 452 g/mol. The number of hydrogen-bond donors (Lipinski definition) is 1. The number of carbonyl (C=O) groups is 3. The van der Waals surface area contributed by atoms with Crippen LogP contribution < -0.4 is 4.90 Å². The van der Waals surface area contributed by atoms with Crippen molar-refractivity contribution in [2.24, 2.45) is 11.8 Å². The molecule has 1 aromatic carbocycles. The Balaban J connectivity index is 1.66. The molecule has 1 aromatic rings. The van der Waals surface area contributed by atoms with Gasteiger partial charge >= 0.3 is 5.97 Å². The molecule has 0 aliphatic carbocycles. The lowest BCUT2D eigenvalue weighted by Gasteiger charge is -2.37. The number of likely N-dealkylation sites (tertiary alicyclic amines) is 1. The number of aliphatic hydroxyl groups is 1. The summed E-state index contributed by atoms with van der Waals surface area (Å²) in [5.74, 6) is -2.15. The lowest BCUT2D eigenvalue weighted by Crippen LogP contribution is -2.54. The topological polar surface area (TPSA) is 87.2 Å². The number of aliphatic hydroxyl groups excluding tert-OH is 1. The summed E-state index contributed by atoms with van der Waals surface area (Å²) >= 11 is 1.53. The molecule has 1 N–H and O–H groups in total. The van der Waals surface area contributed by atoms with Gasteiger partial charge in [-0.15, -0.1) is 11.8 Å². The molecule has 4 aliphatic rings. The molecule has 180 valence electrons. The number of para-hydroxylation sites is 1.